The third-order valence-electron chi connectivity index (χ3n) is 3.61. The van der Waals surface area contributed by atoms with Gasteiger partial charge in [0.15, 0.2) is 0 Å². The van der Waals surface area contributed by atoms with E-state index in [-0.39, 0.29) is 5.41 Å². The van der Waals surface area contributed by atoms with Gasteiger partial charge in [-0.05, 0) is 0 Å². The van der Waals surface area contributed by atoms with Crippen LogP contribution in [0.4, 0.5) is 5.13 Å². The van der Waals surface area contributed by atoms with Gasteiger partial charge in [-0.1, -0.05) is 25.9 Å². The van der Waals surface area contributed by atoms with Crippen LogP contribution in [0.2, 0.25) is 0 Å². The molecule has 0 spiro atoms. The smallest absolute Gasteiger partial charge is 0.205 e. The van der Waals surface area contributed by atoms with E-state index in [0.717, 1.165) is 49.4 Å². The maximum atomic E-state index is 4.88. The molecule has 114 valence electrons. The summed E-state index contributed by atoms with van der Waals surface area (Å²) in [6, 6.07) is 1.92. The van der Waals surface area contributed by atoms with Gasteiger partial charge in [-0.3, -0.25) is 4.90 Å². The maximum absolute atomic E-state index is 4.88. The molecular formula is C14H21N5OS. The molecule has 3 rings (SSSR count). The highest BCUT2D eigenvalue weighted by atomic mass is 32.1. The molecule has 3 heterocycles. The fraction of sp³-hybridized carbons (Fsp3) is 0.643. The Kier molecular flexibility index (Phi) is 3.95. The van der Waals surface area contributed by atoms with Gasteiger partial charge in [0.1, 0.15) is 12.1 Å². The van der Waals surface area contributed by atoms with Gasteiger partial charge in [0.2, 0.25) is 5.13 Å². The summed E-state index contributed by atoms with van der Waals surface area (Å²) < 4.78 is 9.37. The number of piperazine rings is 1. The summed E-state index contributed by atoms with van der Waals surface area (Å²) in [5, 5.41) is 5.01. The Morgan fingerprint density at radius 3 is 2.57 bits per heavy atom. The summed E-state index contributed by atoms with van der Waals surface area (Å²) in [4.78, 5) is 9.41. The van der Waals surface area contributed by atoms with Crippen molar-refractivity contribution < 1.29 is 4.52 Å². The molecule has 0 saturated carbocycles. The molecule has 2 aromatic heterocycles. The minimum atomic E-state index is 0.0174. The molecular weight excluding hydrogens is 286 g/mol. The Labute approximate surface area is 128 Å². The van der Waals surface area contributed by atoms with E-state index in [1.165, 1.54) is 11.5 Å². The molecule has 7 heteroatoms. The van der Waals surface area contributed by atoms with Crippen LogP contribution < -0.4 is 4.90 Å². The van der Waals surface area contributed by atoms with Crippen LogP contribution in [0.3, 0.4) is 0 Å². The molecule has 0 aliphatic carbocycles. The molecule has 0 radical (unpaired) electrons. The van der Waals surface area contributed by atoms with Crippen molar-refractivity contribution in [2.75, 3.05) is 31.1 Å². The van der Waals surface area contributed by atoms with E-state index in [9.17, 15) is 0 Å². The van der Waals surface area contributed by atoms with Crippen LogP contribution in [0.25, 0.3) is 0 Å². The summed E-state index contributed by atoms with van der Waals surface area (Å²) in [5.74, 6) is 0.938. The fourth-order valence-electron chi connectivity index (χ4n) is 2.29. The Morgan fingerprint density at radius 2 is 2.00 bits per heavy atom. The molecule has 1 fully saturated rings. The minimum absolute atomic E-state index is 0.0174. The first kappa shape index (κ1) is 14.5. The van der Waals surface area contributed by atoms with Crippen molar-refractivity contribution in [2.45, 2.75) is 32.7 Å². The van der Waals surface area contributed by atoms with Gasteiger partial charge in [-0.25, -0.2) is 4.98 Å². The SMILES string of the molecule is CC(C)(C)c1nsc(N2CCN(Cc3ccon3)CC2)n1. The van der Waals surface area contributed by atoms with Crippen molar-refractivity contribution in [1.29, 1.82) is 0 Å². The molecule has 0 aromatic carbocycles. The van der Waals surface area contributed by atoms with Crippen LogP contribution in [-0.4, -0.2) is 45.6 Å². The van der Waals surface area contributed by atoms with E-state index >= 15 is 0 Å². The number of hydrogen-bond donors (Lipinski definition) is 0. The van der Waals surface area contributed by atoms with Crippen LogP contribution in [-0.2, 0) is 12.0 Å². The summed E-state index contributed by atoms with van der Waals surface area (Å²) in [6.07, 6.45) is 1.63. The van der Waals surface area contributed by atoms with Gasteiger partial charge >= 0.3 is 0 Å². The first-order valence-corrected chi connectivity index (χ1v) is 8.00. The van der Waals surface area contributed by atoms with Crippen molar-refractivity contribution in [1.82, 2.24) is 19.4 Å². The molecule has 21 heavy (non-hydrogen) atoms. The molecule has 1 saturated heterocycles. The Hall–Kier alpha value is -1.47. The molecule has 0 bridgehead atoms. The zero-order chi connectivity index (χ0) is 14.9. The van der Waals surface area contributed by atoms with Crippen LogP contribution in [0.15, 0.2) is 16.9 Å². The van der Waals surface area contributed by atoms with Gasteiger partial charge in [-0.2, -0.15) is 4.37 Å². The monoisotopic (exact) mass is 307 g/mol. The van der Waals surface area contributed by atoms with Gasteiger partial charge in [0, 0.05) is 55.7 Å². The topological polar surface area (TPSA) is 58.3 Å². The zero-order valence-corrected chi connectivity index (χ0v) is 13.6. The molecule has 6 nitrogen and oxygen atoms in total. The van der Waals surface area contributed by atoms with E-state index < -0.39 is 0 Å². The lowest BCUT2D eigenvalue weighted by molar-refractivity contribution is 0.242. The highest BCUT2D eigenvalue weighted by Gasteiger charge is 2.24. The van der Waals surface area contributed by atoms with Crippen molar-refractivity contribution in [3.05, 3.63) is 23.8 Å². The second kappa shape index (κ2) is 5.73. The molecule has 1 aliphatic rings. The van der Waals surface area contributed by atoms with Gasteiger partial charge < -0.3 is 9.42 Å². The lowest BCUT2D eigenvalue weighted by Gasteiger charge is -2.33. The molecule has 0 amide bonds. The number of rotatable bonds is 3. The number of nitrogens with zero attached hydrogens (tertiary/aromatic N) is 5. The molecule has 2 aromatic rings. The molecule has 0 atom stereocenters. The third-order valence-corrected chi connectivity index (χ3v) is 4.38. The number of aromatic nitrogens is 3. The molecule has 0 unspecified atom stereocenters. The largest absolute Gasteiger partial charge is 0.364 e. The van der Waals surface area contributed by atoms with Gasteiger partial charge in [-0.15, -0.1) is 0 Å². The number of anilines is 1. The summed E-state index contributed by atoms with van der Waals surface area (Å²) >= 11 is 1.51. The van der Waals surface area contributed by atoms with Gasteiger partial charge in [0.25, 0.3) is 0 Å². The van der Waals surface area contributed by atoms with E-state index in [1.807, 2.05) is 6.07 Å². The first-order chi connectivity index (χ1) is 10.0. The van der Waals surface area contributed by atoms with Crippen LogP contribution in [0.5, 0.6) is 0 Å². The minimum Gasteiger partial charge on any atom is -0.364 e. The standard InChI is InChI=1S/C14H21N5OS/c1-14(2,3)12-15-13(21-17-12)19-7-5-18(6-8-19)10-11-4-9-20-16-11/h4,9H,5-8,10H2,1-3H3. The molecule has 0 N–H and O–H groups in total. The maximum Gasteiger partial charge on any atom is 0.205 e. The Morgan fingerprint density at radius 1 is 1.24 bits per heavy atom. The second-order valence-electron chi connectivity index (χ2n) is 6.40. The zero-order valence-electron chi connectivity index (χ0n) is 12.7. The van der Waals surface area contributed by atoms with Crippen molar-refractivity contribution in [3.63, 3.8) is 0 Å². The van der Waals surface area contributed by atoms with Crippen LogP contribution in [0, 0.1) is 0 Å². The van der Waals surface area contributed by atoms with Crippen LogP contribution in [0.1, 0.15) is 32.3 Å². The average Bonchev–Trinajstić information content (AvgIpc) is 3.09. The lowest BCUT2D eigenvalue weighted by Crippen LogP contribution is -2.46. The van der Waals surface area contributed by atoms with E-state index in [2.05, 4.69) is 40.1 Å². The highest BCUT2D eigenvalue weighted by Crippen LogP contribution is 2.26. The van der Waals surface area contributed by atoms with Crippen molar-refractivity contribution >= 4 is 16.7 Å². The average molecular weight is 307 g/mol. The first-order valence-electron chi connectivity index (χ1n) is 7.23. The molecule has 1 aliphatic heterocycles. The summed E-state index contributed by atoms with van der Waals surface area (Å²) in [6.45, 7) is 11.3. The van der Waals surface area contributed by atoms with E-state index in [0.29, 0.717) is 0 Å². The van der Waals surface area contributed by atoms with E-state index in [4.69, 9.17) is 9.51 Å². The van der Waals surface area contributed by atoms with Gasteiger partial charge in [0.05, 0.1) is 5.69 Å². The van der Waals surface area contributed by atoms with Crippen LogP contribution >= 0.6 is 11.5 Å². The third kappa shape index (κ3) is 3.41. The fourth-order valence-corrected chi connectivity index (χ4v) is 3.20. The Bertz CT molecular complexity index is 566. The predicted molar refractivity (Wildman–Crippen MR) is 82.6 cm³/mol. The second-order valence-corrected chi connectivity index (χ2v) is 7.13. The quantitative estimate of drug-likeness (QED) is 0.866. The lowest BCUT2D eigenvalue weighted by atomic mass is 9.96. The normalized spacial score (nSPS) is 17.4. The summed E-state index contributed by atoms with van der Waals surface area (Å²) in [5.41, 5.74) is 1.01. The van der Waals surface area contributed by atoms with Crippen molar-refractivity contribution in [2.24, 2.45) is 0 Å². The van der Waals surface area contributed by atoms with E-state index in [1.54, 1.807) is 6.26 Å². The predicted octanol–water partition coefficient (Wildman–Crippen LogP) is 2.15. The Balaban J connectivity index is 1.57. The summed E-state index contributed by atoms with van der Waals surface area (Å²) in [7, 11) is 0. The number of hydrogen-bond acceptors (Lipinski definition) is 7. The van der Waals surface area contributed by atoms with Crippen molar-refractivity contribution in [3.8, 4) is 0 Å². The highest BCUT2D eigenvalue weighted by molar-refractivity contribution is 7.09.